The number of rotatable bonds is 5. The Morgan fingerprint density at radius 2 is 1.17 bits per heavy atom. The maximum atomic E-state index is 12.7. The Labute approximate surface area is 142 Å². The third-order valence-corrected chi connectivity index (χ3v) is 4.89. The fourth-order valence-electron chi connectivity index (χ4n) is 2.30. The minimum atomic E-state index is -3.70. The molecule has 4 nitrogen and oxygen atoms in total. The van der Waals surface area contributed by atoms with E-state index < -0.39 is 10.0 Å². The molecule has 0 aliphatic rings. The van der Waals surface area contributed by atoms with E-state index in [-0.39, 0.29) is 4.90 Å². The van der Waals surface area contributed by atoms with E-state index in [9.17, 15) is 8.42 Å². The van der Waals surface area contributed by atoms with Crippen LogP contribution in [0.25, 0.3) is 0 Å². The number of nitrogens with zero attached hydrogens (tertiary/aromatic N) is 1. The Morgan fingerprint density at radius 1 is 0.708 bits per heavy atom. The smallest absolute Gasteiger partial charge is 0.257 e. The quantitative estimate of drug-likeness (QED) is 0.715. The summed E-state index contributed by atoms with van der Waals surface area (Å²) in [6.07, 6.45) is 0. The predicted molar refractivity (Wildman–Crippen MR) is 96.5 cm³/mol. The SMILES string of the molecule is Cc1ccc(S(=O)(=O)NN(c2ccccc2)c2ccccc2)cc1. The van der Waals surface area contributed by atoms with Gasteiger partial charge in [0.2, 0.25) is 0 Å². The third-order valence-electron chi connectivity index (χ3n) is 3.57. The first-order chi connectivity index (χ1) is 11.6. The molecule has 0 aromatic heterocycles. The largest absolute Gasteiger partial charge is 0.263 e. The first-order valence-corrected chi connectivity index (χ1v) is 9.04. The molecule has 3 aromatic rings. The molecule has 0 unspecified atom stereocenters. The molecule has 0 heterocycles. The van der Waals surface area contributed by atoms with Crippen LogP contribution in [0.1, 0.15) is 5.56 Å². The minimum Gasteiger partial charge on any atom is -0.263 e. The molecule has 0 amide bonds. The summed E-state index contributed by atoms with van der Waals surface area (Å²) in [5, 5.41) is 1.56. The number of benzene rings is 3. The predicted octanol–water partition coefficient (Wildman–Crippen LogP) is 4.03. The van der Waals surface area contributed by atoms with Gasteiger partial charge in [-0.3, -0.25) is 5.01 Å². The lowest BCUT2D eigenvalue weighted by molar-refractivity contribution is 0.582. The van der Waals surface area contributed by atoms with E-state index in [0.717, 1.165) is 16.9 Å². The molecule has 0 aliphatic heterocycles. The lowest BCUT2D eigenvalue weighted by atomic mass is 10.2. The number of para-hydroxylation sites is 2. The van der Waals surface area contributed by atoms with Gasteiger partial charge in [0.25, 0.3) is 10.0 Å². The summed E-state index contributed by atoms with van der Waals surface area (Å²) in [5.41, 5.74) is 2.48. The molecular formula is C19H18N2O2S. The topological polar surface area (TPSA) is 49.4 Å². The third kappa shape index (κ3) is 3.64. The highest BCUT2D eigenvalue weighted by Gasteiger charge is 2.19. The van der Waals surface area contributed by atoms with Crippen LogP contribution >= 0.6 is 0 Å². The first kappa shape index (κ1) is 16.2. The van der Waals surface area contributed by atoms with E-state index in [1.54, 1.807) is 29.3 Å². The molecule has 1 N–H and O–H groups in total. The van der Waals surface area contributed by atoms with Gasteiger partial charge in [-0.05, 0) is 43.3 Å². The monoisotopic (exact) mass is 338 g/mol. The number of hydrogen-bond donors (Lipinski definition) is 1. The number of sulfonamides is 1. The second-order valence-electron chi connectivity index (χ2n) is 5.41. The van der Waals surface area contributed by atoms with Crippen LogP contribution in [0, 0.1) is 6.92 Å². The summed E-state index contributed by atoms with van der Waals surface area (Å²) >= 11 is 0. The van der Waals surface area contributed by atoms with Gasteiger partial charge in [-0.15, -0.1) is 4.83 Å². The van der Waals surface area contributed by atoms with Crippen molar-refractivity contribution in [2.75, 3.05) is 5.01 Å². The van der Waals surface area contributed by atoms with E-state index in [1.165, 1.54) is 0 Å². The fourth-order valence-corrected chi connectivity index (χ4v) is 3.35. The van der Waals surface area contributed by atoms with Crippen molar-refractivity contribution in [3.63, 3.8) is 0 Å². The molecule has 0 fully saturated rings. The minimum absolute atomic E-state index is 0.227. The van der Waals surface area contributed by atoms with Crippen LogP contribution in [0.15, 0.2) is 89.8 Å². The molecular weight excluding hydrogens is 320 g/mol. The van der Waals surface area contributed by atoms with Gasteiger partial charge in [-0.2, -0.15) is 0 Å². The van der Waals surface area contributed by atoms with Crippen molar-refractivity contribution in [3.05, 3.63) is 90.5 Å². The van der Waals surface area contributed by atoms with Crippen LogP contribution in [0.2, 0.25) is 0 Å². The maximum Gasteiger partial charge on any atom is 0.257 e. The highest BCUT2D eigenvalue weighted by Crippen LogP contribution is 2.24. The summed E-state index contributed by atoms with van der Waals surface area (Å²) in [6, 6.07) is 25.4. The van der Waals surface area contributed by atoms with E-state index >= 15 is 0 Å². The molecule has 0 radical (unpaired) electrons. The van der Waals surface area contributed by atoms with Crippen molar-refractivity contribution in [2.24, 2.45) is 0 Å². The molecule has 3 rings (SSSR count). The van der Waals surface area contributed by atoms with Gasteiger partial charge in [0, 0.05) is 0 Å². The van der Waals surface area contributed by atoms with Gasteiger partial charge >= 0.3 is 0 Å². The Morgan fingerprint density at radius 3 is 1.62 bits per heavy atom. The number of aryl methyl sites for hydroxylation is 1. The number of nitrogens with one attached hydrogen (secondary N) is 1. The number of anilines is 2. The molecule has 0 spiro atoms. The lowest BCUT2D eigenvalue weighted by Gasteiger charge is -2.25. The normalized spacial score (nSPS) is 11.2. The van der Waals surface area contributed by atoms with Crippen molar-refractivity contribution < 1.29 is 8.42 Å². The summed E-state index contributed by atoms with van der Waals surface area (Å²) in [7, 11) is -3.70. The van der Waals surface area contributed by atoms with Gasteiger partial charge < -0.3 is 0 Å². The Hall–Kier alpha value is -2.63. The van der Waals surface area contributed by atoms with E-state index in [2.05, 4.69) is 4.83 Å². The highest BCUT2D eigenvalue weighted by atomic mass is 32.2. The zero-order valence-electron chi connectivity index (χ0n) is 13.3. The Bertz CT molecular complexity index is 854. The molecule has 24 heavy (non-hydrogen) atoms. The summed E-state index contributed by atoms with van der Waals surface area (Å²) in [5.74, 6) is 0. The van der Waals surface area contributed by atoms with Crippen molar-refractivity contribution in [1.82, 2.24) is 4.83 Å². The summed E-state index contributed by atoms with van der Waals surface area (Å²) in [4.78, 5) is 2.89. The van der Waals surface area contributed by atoms with Gasteiger partial charge in [0.1, 0.15) is 0 Å². The average molecular weight is 338 g/mol. The van der Waals surface area contributed by atoms with Crippen LogP contribution in [-0.2, 0) is 10.0 Å². The van der Waals surface area contributed by atoms with Crippen LogP contribution in [0.3, 0.4) is 0 Å². The second kappa shape index (κ2) is 6.86. The maximum absolute atomic E-state index is 12.7. The van der Waals surface area contributed by atoms with Crippen LogP contribution in [-0.4, -0.2) is 8.42 Å². The molecule has 0 aliphatic carbocycles. The van der Waals surface area contributed by atoms with Crippen molar-refractivity contribution in [2.45, 2.75) is 11.8 Å². The number of hydrogen-bond acceptors (Lipinski definition) is 3. The van der Waals surface area contributed by atoms with Crippen molar-refractivity contribution in [3.8, 4) is 0 Å². The molecule has 3 aromatic carbocycles. The molecule has 122 valence electrons. The van der Waals surface area contributed by atoms with Gasteiger partial charge in [-0.1, -0.05) is 54.1 Å². The summed E-state index contributed by atoms with van der Waals surface area (Å²) in [6.45, 7) is 1.92. The standard InChI is InChI=1S/C19H18N2O2S/c1-16-12-14-19(15-13-16)24(22,23)20-21(17-8-4-2-5-9-17)18-10-6-3-7-11-18/h2-15,20H,1H3. The average Bonchev–Trinajstić information content (AvgIpc) is 2.62. The summed E-state index contributed by atoms with van der Waals surface area (Å²) < 4.78 is 25.5. The van der Waals surface area contributed by atoms with E-state index in [4.69, 9.17) is 0 Å². The van der Waals surface area contributed by atoms with Crippen LogP contribution in [0.4, 0.5) is 11.4 Å². The van der Waals surface area contributed by atoms with E-state index in [1.807, 2.05) is 67.6 Å². The van der Waals surface area contributed by atoms with Crippen molar-refractivity contribution >= 4 is 21.4 Å². The zero-order valence-corrected chi connectivity index (χ0v) is 14.1. The molecule has 5 heteroatoms. The van der Waals surface area contributed by atoms with Crippen LogP contribution < -0.4 is 9.84 Å². The fraction of sp³-hybridized carbons (Fsp3) is 0.0526. The Kier molecular flexibility index (Phi) is 4.64. The molecule has 0 saturated heterocycles. The zero-order chi connectivity index (χ0) is 17.0. The van der Waals surface area contributed by atoms with E-state index in [0.29, 0.717) is 0 Å². The van der Waals surface area contributed by atoms with Crippen LogP contribution in [0.5, 0.6) is 0 Å². The molecule has 0 bridgehead atoms. The highest BCUT2D eigenvalue weighted by molar-refractivity contribution is 7.89. The lowest BCUT2D eigenvalue weighted by Crippen LogP contribution is -2.38. The number of hydrazine groups is 1. The van der Waals surface area contributed by atoms with Crippen molar-refractivity contribution in [1.29, 1.82) is 0 Å². The molecule has 0 atom stereocenters. The second-order valence-corrected chi connectivity index (χ2v) is 7.08. The Balaban J connectivity index is 1.99. The van der Waals surface area contributed by atoms with Gasteiger partial charge in [0.15, 0.2) is 0 Å². The first-order valence-electron chi connectivity index (χ1n) is 7.56. The molecule has 0 saturated carbocycles. The van der Waals surface area contributed by atoms with Gasteiger partial charge in [-0.25, -0.2) is 8.42 Å². The van der Waals surface area contributed by atoms with Gasteiger partial charge in [0.05, 0.1) is 16.3 Å².